The highest BCUT2D eigenvalue weighted by Gasteiger charge is 2.19. The summed E-state index contributed by atoms with van der Waals surface area (Å²) in [5.41, 5.74) is 10.8. The maximum Gasteiger partial charge on any atom is 0.0486 e. The van der Waals surface area contributed by atoms with Gasteiger partial charge < -0.3 is 15.6 Å². The van der Waals surface area contributed by atoms with E-state index in [1.165, 1.54) is 34.9 Å². The normalized spacial score (nSPS) is 16.0. The molecule has 1 aromatic heterocycles. The van der Waals surface area contributed by atoms with Crippen LogP contribution in [0.25, 0.3) is 10.9 Å². The molecule has 0 spiro atoms. The van der Waals surface area contributed by atoms with Crippen molar-refractivity contribution in [3.05, 3.63) is 65.9 Å². The van der Waals surface area contributed by atoms with E-state index in [4.69, 9.17) is 5.73 Å². The average Bonchev–Trinajstić information content (AvgIpc) is 2.97. The highest BCUT2D eigenvalue weighted by Crippen LogP contribution is 2.33. The van der Waals surface area contributed by atoms with Crippen LogP contribution in [0.2, 0.25) is 0 Å². The van der Waals surface area contributed by atoms with Crippen LogP contribution in [-0.2, 0) is 6.54 Å². The van der Waals surface area contributed by atoms with E-state index < -0.39 is 0 Å². The highest BCUT2D eigenvalue weighted by atomic mass is 15.0. The summed E-state index contributed by atoms with van der Waals surface area (Å²) in [6.45, 7) is 3.15. The SMILES string of the molecule is Nc1ccc(Cn2cc(C3CCNCC3)c3ccccc32)cc1. The number of hydrogen-bond donors (Lipinski definition) is 2. The van der Waals surface area contributed by atoms with Crippen molar-refractivity contribution in [2.75, 3.05) is 18.8 Å². The molecule has 118 valence electrons. The smallest absolute Gasteiger partial charge is 0.0486 e. The Kier molecular flexibility index (Phi) is 3.80. The number of rotatable bonds is 3. The molecule has 0 amide bonds. The zero-order chi connectivity index (χ0) is 15.6. The van der Waals surface area contributed by atoms with Crippen molar-refractivity contribution in [2.45, 2.75) is 25.3 Å². The molecule has 2 heterocycles. The molecule has 0 bridgehead atoms. The zero-order valence-corrected chi connectivity index (χ0v) is 13.3. The summed E-state index contributed by atoms with van der Waals surface area (Å²) in [6, 6.07) is 17.0. The molecule has 1 aliphatic rings. The van der Waals surface area contributed by atoms with E-state index >= 15 is 0 Å². The van der Waals surface area contributed by atoms with Gasteiger partial charge in [-0.2, -0.15) is 0 Å². The van der Waals surface area contributed by atoms with Crippen LogP contribution in [0.15, 0.2) is 54.7 Å². The Labute approximate surface area is 137 Å². The van der Waals surface area contributed by atoms with Gasteiger partial charge in [0, 0.05) is 29.3 Å². The predicted molar refractivity (Wildman–Crippen MR) is 96.7 cm³/mol. The lowest BCUT2D eigenvalue weighted by Gasteiger charge is -2.22. The summed E-state index contributed by atoms with van der Waals surface area (Å²) >= 11 is 0. The molecule has 0 radical (unpaired) electrons. The van der Waals surface area contributed by atoms with Gasteiger partial charge in [-0.25, -0.2) is 0 Å². The van der Waals surface area contributed by atoms with Crippen molar-refractivity contribution in [1.82, 2.24) is 9.88 Å². The Bertz CT molecular complexity index is 795. The van der Waals surface area contributed by atoms with Crippen molar-refractivity contribution in [3.63, 3.8) is 0 Å². The summed E-state index contributed by atoms with van der Waals surface area (Å²) in [5.74, 6) is 0.675. The average molecular weight is 305 g/mol. The zero-order valence-electron chi connectivity index (χ0n) is 13.3. The van der Waals surface area contributed by atoms with E-state index in [9.17, 15) is 0 Å². The molecule has 4 rings (SSSR count). The second kappa shape index (κ2) is 6.09. The van der Waals surface area contributed by atoms with E-state index in [0.717, 1.165) is 25.3 Å². The van der Waals surface area contributed by atoms with Crippen molar-refractivity contribution in [3.8, 4) is 0 Å². The van der Waals surface area contributed by atoms with Gasteiger partial charge in [0.05, 0.1) is 0 Å². The Hall–Kier alpha value is -2.26. The molecule has 0 atom stereocenters. The third-order valence-electron chi connectivity index (χ3n) is 4.93. The second-order valence-electron chi connectivity index (χ2n) is 6.50. The number of piperidine rings is 1. The summed E-state index contributed by atoms with van der Waals surface area (Å²) < 4.78 is 2.39. The Morgan fingerprint density at radius 1 is 1.00 bits per heavy atom. The molecule has 1 fully saturated rings. The van der Waals surface area contributed by atoms with Gasteiger partial charge in [0.2, 0.25) is 0 Å². The summed E-state index contributed by atoms with van der Waals surface area (Å²) in [5, 5.41) is 4.88. The topological polar surface area (TPSA) is 43.0 Å². The van der Waals surface area contributed by atoms with E-state index in [0.29, 0.717) is 5.92 Å². The maximum atomic E-state index is 5.80. The number of benzene rings is 2. The van der Waals surface area contributed by atoms with E-state index in [1.807, 2.05) is 12.1 Å². The second-order valence-corrected chi connectivity index (χ2v) is 6.50. The minimum absolute atomic E-state index is 0.675. The molecular weight excluding hydrogens is 282 g/mol. The third kappa shape index (κ3) is 2.84. The van der Waals surface area contributed by atoms with Gasteiger partial charge in [0.25, 0.3) is 0 Å². The molecule has 3 nitrogen and oxygen atoms in total. The number of nitrogens with two attached hydrogens (primary N) is 1. The molecule has 23 heavy (non-hydrogen) atoms. The lowest BCUT2D eigenvalue weighted by molar-refractivity contribution is 0.461. The number of fused-ring (bicyclic) bond motifs is 1. The van der Waals surface area contributed by atoms with Crippen molar-refractivity contribution in [1.29, 1.82) is 0 Å². The van der Waals surface area contributed by atoms with Crippen LogP contribution in [0.1, 0.15) is 29.9 Å². The first-order valence-electron chi connectivity index (χ1n) is 8.44. The molecule has 3 aromatic rings. The molecule has 1 saturated heterocycles. The van der Waals surface area contributed by atoms with Gasteiger partial charge in [0.15, 0.2) is 0 Å². The number of aromatic nitrogens is 1. The Morgan fingerprint density at radius 3 is 2.52 bits per heavy atom. The van der Waals surface area contributed by atoms with Crippen molar-refractivity contribution in [2.24, 2.45) is 0 Å². The first-order valence-corrected chi connectivity index (χ1v) is 8.44. The monoisotopic (exact) mass is 305 g/mol. The summed E-state index contributed by atoms with van der Waals surface area (Å²) in [7, 11) is 0. The van der Waals surface area contributed by atoms with Crippen LogP contribution < -0.4 is 11.1 Å². The lowest BCUT2D eigenvalue weighted by Crippen LogP contribution is -2.26. The van der Waals surface area contributed by atoms with E-state index in [2.05, 4.69) is 52.5 Å². The van der Waals surface area contributed by atoms with Gasteiger partial charge in [-0.15, -0.1) is 0 Å². The molecule has 0 unspecified atom stereocenters. The van der Waals surface area contributed by atoms with Crippen molar-refractivity contribution < 1.29 is 0 Å². The number of nitrogen functional groups attached to an aromatic ring is 1. The molecule has 3 heteroatoms. The summed E-state index contributed by atoms with van der Waals surface area (Å²) in [4.78, 5) is 0. The van der Waals surface area contributed by atoms with Crippen LogP contribution >= 0.6 is 0 Å². The summed E-state index contributed by atoms with van der Waals surface area (Å²) in [6.07, 6.45) is 4.84. The van der Waals surface area contributed by atoms with Crippen LogP contribution in [0.4, 0.5) is 5.69 Å². The first-order chi connectivity index (χ1) is 11.3. The van der Waals surface area contributed by atoms with Crippen LogP contribution in [-0.4, -0.2) is 17.7 Å². The fraction of sp³-hybridized carbons (Fsp3) is 0.300. The first kappa shape index (κ1) is 14.3. The number of nitrogens with zero attached hydrogens (tertiary/aromatic N) is 1. The number of nitrogens with one attached hydrogen (secondary N) is 1. The Morgan fingerprint density at radius 2 is 1.74 bits per heavy atom. The van der Waals surface area contributed by atoms with Crippen LogP contribution in [0.3, 0.4) is 0 Å². The molecular formula is C20H23N3. The van der Waals surface area contributed by atoms with Gasteiger partial charge in [-0.3, -0.25) is 0 Å². The van der Waals surface area contributed by atoms with Crippen LogP contribution in [0.5, 0.6) is 0 Å². The minimum Gasteiger partial charge on any atom is -0.399 e. The third-order valence-corrected chi connectivity index (χ3v) is 4.93. The van der Waals surface area contributed by atoms with Gasteiger partial charge in [-0.05, 0) is 61.2 Å². The maximum absolute atomic E-state index is 5.80. The molecule has 2 aromatic carbocycles. The molecule has 0 saturated carbocycles. The largest absolute Gasteiger partial charge is 0.399 e. The fourth-order valence-corrected chi connectivity index (χ4v) is 3.68. The highest BCUT2D eigenvalue weighted by molar-refractivity contribution is 5.84. The number of anilines is 1. The number of hydrogen-bond acceptors (Lipinski definition) is 2. The quantitative estimate of drug-likeness (QED) is 0.724. The Balaban J connectivity index is 1.73. The van der Waals surface area contributed by atoms with E-state index in [-0.39, 0.29) is 0 Å². The molecule has 1 aliphatic heterocycles. The fourth-order valence-electron chi connectivity index (χ4n) is 3.68. The minimum atomic E-state index is 0.675. The van der Waals surface area contributed by atoms with Gasteiger partial charge >= 0.3 is 0 Å². The van der Waals surface area contributed by atoms with Gasteiger partial charge in [0.1, 0.15) is 0 Å². The molecule has 0 aliphatic carbocycles. The number of para-hydroxylation sites is 1. The van der Waals surface area contributed by atoms with Crippen molar-refractivity contribution >= 4 is 16.6 Å². The van der Waals surface area contributed by atoms with Gasteiger partial charge in [-0.1, -0.05) is 30.3 Å². The standard InChI is InChI=1S/C20H23N3/c21-17-7-5-15(6-8-17)13-23-14-19(16-9-11-22-12-10-16)18-3-1-2-4-20(18)23/h1-8,14,16,22H,9-13,21H2. The molecule has 3 N–H and O–H groups in total. The van der Waals surface area contributed by atoms with Crippen LogP contribution in [0, 0.1) is 0 Å². The predicted octanol–water partition coefficient (Wildman–Crippen LogP) is 3.74. The lowest BCUT2D eigenvalue weighted by atomic mass is 9.90. The van der Waals surface area contributed by atoms with E-state index in [1.54, 1.807) is 0 Å².